The molecule has 162 valence electrons. The lowest BCUT2D eigenvalue weighted by molar-refractivity contribution is 0.232. The normalized spacial score (nSPS) is 18.0. The van der Waals surface area contributed by atoms with E-state index in [-0.39, 0.29) is 5.82 Å². The lowest BCUT2D eigenvalue weighted by Crippen LogP contribution is -2.41. The van der Waals surface area contributed by atoms with Crippen LogP contribution in [0.15, 0.2) is 30.6 Å². The Morgan fingerprint density at radius 1 is 0.967 bits per heavy atom. The van der Waals surface area contributed by atoms with Gasteiger partial charge in [-0.1, -0.05) is 17.7 Å². The molecule has 30 heavy (non-hydrogen) atoms. The number of nitrogens with zero attached hydrogens (tertiary/aromatic N) is 4. The van der Waals surface area contributed by atoms with E-state index < -0.39 is 11.6 Å². The van der Waals surface area contributed by atoms with Crippen LogP contribution in [-0.2, 0) is 11.6 Å². The molecule has 1 aromatic heterocycles. The fraction of sp³-hybridized carbons (Fsp3) is 0.524. The Hall–Kier alpha value is -2.06. The molecular weight excluding hydrogens is 427 g/mol. The zero-order valence-electron chi connectivity index (χ0n) is 17.0. The highest BCUT2D eigenvalue weighted by Crippen LogP contribution is 2.35. The second kappa shape index (κ2) is 10.8. The van der Waals surface area contributed by atoms with Gasteiger partial charge in [-0.25, -0.2) is 14.4 Å². The van der Waals surface area contributed by atoms with Crippen molar-refractivity contribution in [1.29, 1.82) is 0 Å². The molecule has 2 aliphatic rings. The van der Waals surface area contributed by atoms with Crippen molar-refractivity contribution in [2.24, 2.45) is 11.8 Å². The molecule has 0 saturated carbocycles. The second-order valence-electron chi connectivity index (χ2n) is 7.85. The molecule has 0 aliphatic carbocycles. The maximum Gasteiger partial charge on any atom is 0.335 e. The van der Waals surface area contributed by atoms with Crippen molar-refractivity contribution in [3.63, 3.8) is 0 Å². The van der Waals surface area contributed by atoms with Gasteiger partial charge in [0.1, 0.15) is 0 Å². The highest BCUT2D eigenvalue weighted by molar-refractivity contribution is 7.51. The molecule has 2 fully saturated rings. The van der Waals surface area contributed by atoms with E-state index in [4.69, 9.17) is 20.0 Å². The number of aromatic nitrogens is 2. The molecular formula is C21H26ClFN4O2S. The summed E-state index contributed by atoms with van der Waals surface area (Å²) in [5.74, 6) is 1.83. The Bertz CT molecular complexity index is 864. The van der Waals surface area contributed by atoms with E-state index in [1.54, 1.807) is 0 Å². The Balaban J connectivity index is 0.000000806. The fourth-order valence-corrected chi connectivity index (χ4v) is 4.62. The van der Waals surface area contributed by atoms with Crippen molar-refractivity contribution in [3.05, 3.63) is 47.0 Å². The van der Waals surface area contributed by atoms with Crippen LogP contribution in [0.2, 0.25) is 5.02 Å². The summed E-state index contributed by atoms with van der Waals surface area (Å²) in [7, 11) is 0. The average molecular weight is 453 g/mol. The SMILES string of the molecule is Cc1ccc(N2CCC(C3CCN(c4ncc(F)cn4)CC3)CC2)cc1Cl.O=S=O. The first-order chi connectivity index (χ1) is 14.5. The monoisotopic (exact) mass is 452 g/mol. The number of hydrogen-bond donors (Lipinski definition) is 0. The molecule has 0 atom stereocenters. The highest BCUT2D eigenvalue weighted by atomic mass is 35.5. The predicted octanol–water partition coefficient (Wildman–Crippen LogP) is 4.04. The quantitative estimate of drug-likeness (QED) is 0.700. The number of anilines is 2. The van der Waals surface area contributed by atoms with Crippen molar-refractivity contribution >= 4 is 34.8 Å². The summed E-state index contributed by atoms with van der Waals surface area (Å²) in [5, 5.41) is 0.852. The molecule has 0 bridgehead atoms. The van der Waals surface area contributed by atoms with Crippen LogP contribution in [0.3, 0.4) is 0 Å². The first-order valence-corrected chi connectivity index (χ1v) is 11.2. The van der Waals surface area contributed by atoms with Gasteiger partial charge in [0.2, 0.25) is 5.95 Å². The van der Waals surface area contributed by atoms with Gasteiger partial charge in [0.05, 0.1) is 12.4 Å². The lowest BCUT2D eigenvalue weighted by atomic mass is 9.79. The van der Waals surface area contributed by atoms with Crippen molar-refractivity contribution in [1.82, 2.24) is 9.97 Å². The maximum absolute atomic E-state index is 13.0. The van der Waals surface area contributed by atoms with Crippen LogP contribution in [0.25, 0.3) is 0 Å². The van der Waals surface area contributed by atoms with E-state index in [1.807, 2.05) is 6.92 Å². The van der Waals surface area contributed by atoms with E-state index >= 15 is 0 Å². The molecule has 0 spiro atoms. The summed E-state index contributed by atoms with van der Waals surface area (Å²) >= 11 is 5.54. The minimum atomic E-state index is -0.750. The van der Waals surface area contributed by atoms with Crippen LogP contribution in [0.1, 0.15) is 31.2 Å². The molecule has 4 rings (SSSR count). The zero-order chi connectivity index (χ0) is 21.5. The summed E-state index contributed by atoms with van der Waals surface area (Å²) in [6.45, 7) is 6.17. The molecule has 9 heteroatoms. The molecule has 0 radical (unpaired) electrons. The van der Waals surface area contributed by atoms with Gasteiger partial charge in [-0.15, -0.1) is 0 Å². The minimum absolute atomic E-state index is 0.379. The van der Waals surface area contributed by atoms with E-state index in [2.05, 4.69) is 38.0 Å². The van der Waals surface area contributed by atoms with Crippen LogP contribution in [0.4, 0.5) is 16.0 Å². The number of halogens is 2. The topological polar surface area (TPSA) is 66.4 Å². The van der Waals surface area contributed by atoms with Crippen molar-refractivity contribution in [3.8, 4) is 0 Å². The second-order valence-corrected chi connectivity index (χ2v) is 8.40. The standard InChI is InChI=1S/C21H26ClFN4.O2S/c1-15-2-3-19(12-20(15)22)26-8-4-16(5-9-26)17-6-10-27(11-7-17)21-24-13-18(23)14-25-21;1-3-2/h2-3,12-14,16-17H,4-11H2,1H3;. The predicted molar refractivity (Wildman–Crippen MR) is 117 cm³/mol. The van der Waals surface area contributed by atoms with Gasteiger partial charge in [0, 0.05) is 36.9 Å². The van der Waals surface area contributed by atoms with Crippen molar-refractivity contribution in [2.45, 2.75) is 32.6 Å². The van der Waals surface area contributed by atoms with Gasteiger partial charge in [0.25, 0.3) is 0 Å². The molecule has 6 nitrogen and oxygen atoms in total. The summed E-state index contributed by atoms with van der Waals surface area (Å²) in [6, 6.07) is 6.39. The van der Waals surface area contributed by atoms with Gasteiger partial charge in [-0.3, -0.25) is 0 Å². The van der Waals surface area contributed by atoms with E-state index in [1.165, 1.54) is 43.8 Å². The smallest absolute Gasteiger partial charge is 0.335 e. The molecule has 2 saturated heterocycles. The van der Waals surface area contributed by atoms with Gasteiger partial charge in [0.15, 0.2) is 5.82 Å². The van der Waals surface area contributed by atoms with Gasteiger partial charge in [-0.05, 0) is 62.1 Å². The van der Waals surface area contributed by atoms with Crippen molar-refractivity contribution in [2.75, 3.05) is 36.0 Å². The van der Waals surface area contributed by atoms with E-state index in [0.717, 1.165) is 48.6 Å². The highest BCUT2D eigenvalue weighted by Gasteiger charge is 2.30. The molecule has 1 aromatic carbocycles. The lowest BCUT2D eigenvalue weighted by Gasteiger charge is -2.41. The largest absolute Gasteiger partial charge is 0.371 e. The third-order valence-corrected chi connectivity index (χ3v) is 6.56. The molecule has 0 N–H and O–H groups in total. The van der Waals surface area contributed by atoms with Crippen LogP contribution in [0, 0.1) is 24.6 Å². The van der Waals surface area contributed by atoms with Crippen LogP contribution >= 0.6 is 11.6 Å². The first-order valence-electron chi connectivity index (χ1n) is 10.2. The molecule has 3 heterocycles. The van der Waals surface area contributed by atoms with E-state index in [9.17, 15) is 4.39 Å². The number of rotatable bonds is 3. The summed E-state index contributed by atoms with van der Waals surface area (Å²) in [4.78, 5) is 12.9. The Kier molecular flexibility index (Phi) is 8.16. The Labute approximate surface area is 185 Å². The maximum atomic E-state index is 13.0. The molecule has 2 aromatic rings. The summed E-state index contributed by atoms with van der Waals surface area (Å²) < 4.78 is 29.6. The molecule has 2 aliphatic heterocycles. The van der Waals surface area contributed by atoms with E-state index in [0.29, 0.717) is 5.95 Å². The van der Waals surface area contributed by atoms with Crippen molar-refractivity contribution < 1.29 is 12.8 Å². The molecule has 0 unspecified atom stereocenters. The number of hydrogen-bond acceptors (Lipinski definition) is 6. The Morgan fingerprint density at radius 3 is 1.97 bits per heavy atom. The number of piperidine rings is 2. The summed E-state index contributed by atoms with van der Waals surface area (Å²) in [6.07, 6.45) is 7.32. The number of aryl methyl sites for hydroxylation is 1. The van der Waals surface area contributed by atoms with Gasteiger partial charge < -0.3 is 9.80 Å². The Morgan fingerprint density at radius 2 is 1.47 bits per heavy atom. The third kappa shape index (κ3) is 5.76. The van der Waals surface area contributed by atoms with Crippen LogP contribution in [0.5, 0.6) is 0 Å². The van der Waals surface area contributed by atoms with Gasteiger partial charge in [-0.2, -0.15) is 8.42 Å². The third-order valence-electron chi connectivity index (χ3n) is 6.16. The first kappa shape index (κ1) is 22.6. The number of benzene rings is 1. The van der Waals surface area contributed by atoms with Crippen LogP contribution in [-0.4, -0.2) is 44.6 Å². The minimum Gasteiger partial charge on any atom is -0.371 e. The summed E-state index contributed by atoms with van der Waals surface area (Å²) in [5.41, 5.74) is 2.37. The zero-order valence-corrected chi connectivity index (χ0v) is 18.5. The fourth-order valence-electron chi connectivity index (χ4n) is 4.45. The average Bonchev–Trinajstić information content (AvgIpc) is 2.77. The molecule has 0 amide bonds. The van der Waals surface area contributed by atoms with Gasteiger partial charge >= 0.3 is 11.6 Å². The van der Waals surface area contributed by atoms with Crippen LogP contribution < -0.4 is 9.80 Å².